The summed E-state index contributed by atoms with van der Waals surface area (Å²) in [6, 6.07) is 0.940. The lowest BCUT2D eigenvalue weighted by Gasteiger charge is -2.14. The van der Waals surface area contributed by atoms with Gasteiger partial charge in [0.2, 0.25) is 0 Å². The van der Waals surface area contributed by atoms with Gasteiger partial charge in [0.1, 0.15) is 5.82 Å². The molecule has 16 heavy (non-hydrogen) atoms. The molecule has 1 unspecified atom stereocenters. The smallest absolute Gasteiger partial charge is 0.120 e. The van der Waals surface area contributed by atoms with Crippen LogP contribution in [0.5, 0.6) is 0 Å². The zero-order chi connectivity index (χ0) is 10.8. The SMILES string of the molecule is c1c[nH]c(CNCC2CCN(C3CC3)C2)n1. The van der Waals surface area contributed by atoms with E-state index in [0.717, 1.165) is 30.9 Å². The van der Waals surface area contributed by atoms with Crippen molar-refractivity contribution in [1.82, 2.24) is 20.2 Å². The summed E-state index contributed by atoms with van der Waals surface area (Å²) < 4.78 is 0. The first-order chi connectivity index (χ1) is 7.92. The number of imidazole rings is 1. The topological polar surface area (TPSA) is 44.0 Å². The van der Waals surface area contributed by atoms with E-state index >= 15 is 0 Å². The van der Waals surface area contributed by atoms with Gasteiger partial charge in [-0.05, 0) is 38.3 Å². The largest absolute Gasteiger partial charge is 0.348 e. The predicted molar refractivity (Wildman–Crippen MR) is 63.0 cm³/mol. The van der Waals surface area contributed by atoms with Crippen molar-refractivity contribution in [3.05, 3.63) is 18.2 Å². The Morgan fingerprint density at radius 2 is 2.38 bits per heavy atom. The quantitative estimate of drug-likeness (QED) is 0.777. The third-order valence-corrected chi connectivity index (χ3v) is 3.66. The van der Waals surface area contributed by atoms with Gasteiger partial charge in [0.15, 0.2) is 0 Å². The molecular formula is C12H20N4. The van der Waals surface area contributed by atoms with Crippen molar-refractivity contribution in [2.75, 3.05) is 19.6 Å². The monoisotopic (exact) mass is 220 g/mol. The maximum absolute atomic E-state index is 4.21. The molecule has 0 amide bonds. The molecule has 1 saturated carbocycles. The number of rotatable bonds is 5. The molecule has 3 rings (SSSR count). The second-order valence-electron chi connectivity index (χ2n) is 5.05. The Balaban J connectivity index is 1.36. The molecule has 1 aromatic heterocycles. The van der Waals surface area contributed by atoms with Crippen molar-refractivity contribution in [2.24, 2.45) is 5.92 Å². The van der Waals surface area contributed by atoms with Gasteiger partial charge >= 0.3 is 0 Å². The number of hydrogen-bond acceptors (Lipinski definition) is 3. The number of likely N-dealkylation sites (tertiary alicyclic amines) is 1. The number of aromatic nitrogens is 2. The summed E-state index contributed by atoms with van der Waals surface area (Å²) in [6.07, 6.45) is 7.92. The lowest BCUT2D eigenvalue weighted by atomic mass is 10.1. The molecule has 0 radical (unpaired) electrons. The Hall–Kier alpha value is -0.870. The maximum Gasteiger partial charge on any atom is 0.120 e. The summed E-state index contributed by atoms with van der Waals surface area (Å²) in [5, 5.41) is 3.49. The minimum absolute atomic E-state index is 0.843. The average Bonchev–Trinajstić information content (AvgIpc) is 2.83. The second-order valence-corrected chi connectivity index (χ2v) is 5.05. The molecule has 1 atom stereocenters. The fourth-order valence-corrected chi connectivity index (χ4v) is 2.59. The highest BCUT2D eigenvalue weighted by Gasteiger charge is 2.33. The number of H-pyrrole nitrogens is 1. The Morgan fingerprint density at radius 1 is 1.44 bits per heavy atom. The molecule has 2 aliphatic rings. The first-order valence-corrected chi connectivity index (χ1v) is 6.35. The van der Waals surface area contributed by atoms with Crippen LogP contribution >= 0.6 is 0 Å². The van der Waals surface area contributed by atoms with E-state index in [2.05, 4.69) is 20.2 Å². The van der Waals surface area contributed by atoms with Crippen LogP contribution in [-0.2, 0) is 6.54 Å². The molecule has 88 valence electrons. The molecule has 0 bridgehead atoms. The molecule has 2 fully saturated rings. The van der Waals surface area contributed by atoms with Crippen LogP contribution < -0.4 is 5.32 Å². The lowest BCUT2D eigenvalue weighted by molar-refractivity contribution is 0.311. The van der Waals surface area contributed by atoms with Crippen molar-refractivity contribution in [1.29, 1.82) is 0 Å². The summed E-state index contributed by atoms with van der Waals surface area (Å²) in [4.78, 5) is 9.99. The van der Waals surface area contributed by atoms with E-state index in [9.17, 15) is 0 Å². The van der Waals surface area contributed by atoms with Crippen molar-refractivity contribution < 1.29 is 0 Å². The summed E-state index contributed by atoms with van der Waals surface area (Å²) in [6.45, 7) is 4.62. The van der Waals surface area contributed by atoms with E-state index < -0.39 is 0 Å². The van der Waals surface area contributed by atoms with Gasteiger partial charge in [0.05, 0.1) is 6.54 Å². The molecule has 0 spiro atoms. The third-order valence-electron chi connectivity index (χ3n) is 3.66. The fourth-order valence-electron chi connectivity index (χ4n) is 2.59. The van der Waals surface area contributed by atoms with Crippen LogP contribution in [0, 0.1) is 5.92 Å². The van der Waals surface area contributed by atoms with Crippen molar-refractivity contribution in [3.8, 4) is 0 Å². The summed E-state index contributed by atoms with van der Waals surface area (Å²) >= 11 is 0. The van der Waals surface area contributed by atoms with Crippen LogP contribution in [0.4, 0.5) is 0 Å². The van der Waals surface area contributed by atoms with E-state index in [1.165, 1.54) is 32.4 Å². The molecule has 0 aromatic carbocycles. The average molecular weight is 220 g/mol. The van der Waals surface area contributed by atoms with E-state index in [4.69, 9.17) is 0 Å². The first-order valence-electron chi connectivity index (χ1n) is 6.35. The van der Waals surface area contributed by atoms with Gasteiger partial charge < -0.3 is 15.2 Å². The molecule has 4 nitrogen and oxygen atoms in total. The molecule has 1 saturated heterocycles. The summed E-state index contributed by atoms with van der Waals surface area (Å²) in [7, 11) is 0. The minimum Gasteiger partial charge on any atom is -0.348 e. The Bertz CT molecular complexity index is 318. The third kappa shape index (κ3) is 2.44. The van der Waals surface area contributed by atoms with Crippen LogP contribution in [-0.4, -0.2) is 40.5 Å². The van der Waals surface area contributed by atoms with Crippen LogP contribution in [0.1, 0.15) is 25.1 Å². The summed E-state index contributed by atoms with van der Waals surface area (Å²) in [5.41, 5.74) is 0. The number of hydrogen-bond donors (Lipinski definition) is 2. The standard InChI is InChI=1S/C12H20N4/c1-2-11(1)16-6-3-10(9-16)7-13-8-12-14-4-5-15-12/h4-5,10-11,13H,1-3,6-9H2,(H,14,15). The first kappa shape index (κ1) is 10.3. The number of nitrogens with zero attached hydrogens (tertiary/aromatic N) is 2. The van der Waals surface area contributed by atoms with Crippen molar-refractivity contribution in [3.63, 3.8) is 0 Å². The van der Waals surface area contributed by atoms with E-state index in [0.29, 0.717) is 0 Å². The van der Waals surface area contributed by atoms with Gasteiger partial charge in [0, 0.05) is 25.0 Å². The highest BCUT2D eigenvalue weighted by atomic mass is 15.2. The molecule has 2 heterocycles. The molecule has 1 aromatic rings. The van der Waals surface area contributed by atoms with E-state index in [1.54, 1.807) is 6.20 Å². The Morgan fingerprint density at radius 3 is 3.12 bits per heavy atom. The number of aromatic amines is 1. The van der Waals surface area contributed by atoms with E-state index in [-0.39, 0.29) is 0 Å². The van der Waals surface area contributed by atoms with Gasteiger partial charge in [-0.3, -0.25) is 0 Å². The van der Waals surface area contributed by atoms with Crippen LogP contribution in [0.2, 0.25) is 0 Å². The highest BCUT2D eigenvalue weighted by molar-refractivity contribution is 4.90. The Labute approximate surface area is 96.4 Å². The Kier molecular flexibility index (Phi) is 2.93. The molecular weight excluding hydrogens is 200 g/mol. The summed E-state index contributed by atoms with van der Waals surface area (Å²) in [5.74, 6) is 1.88. The lowest BCUT2D eigenvalue weighted by Crippen LogP contribution is -2.27. The van der Waals surface area contributed by atoms with Crippen molar-refractivity contribution >= 4 is 0 Å². The zero-order valence-corrected chi connectivity index (χ0v) is 9.65. The minimum atomic E-state index is 0.843. The van der Waals surface area contributed by atoms with Gasteiger partial charge in [-0.15, -0.1) is 0 Å². The molecule has 1 aliphatic heterocycles. The molecule has 2 N–H and O–H groups in total. The maximum atomic E-state index is 4.21. The van der Waals surface area contributed by atoms with Crippen LogP contribution in [0.15, 0.2) is 12.4 Å². The molecule has 4 heteroatoms. The van der Waals surface area contributed by atoms with Gasteiger partial charge in [0.25, 0.3) is 0 Å². The van der Waals surface area contributed by atoms with E-state index in [1.807, 2.05) is 6.20 Å². The van der Waals surface area contributed by atoms with Gasteiger partial charge in [-0.1, -0.05) is 0 Å². The highest BCUT2D eigenvalue weighted by Crippen LogP contribution is 2.31. The number of nitrogens with one attached hydrogen (secondary N) is 2. The molecule has 1 aliphatic carbocycles. The van der Waals surface area contributed by atoms with Gasteiger partial charge in [-0.25, -0.2) is 4.98 Å². The second kappa shape index (κ2) is 4.55. The predicted octanol–water partition coefficient (Wildman–Crippen LogP) is 0.984. The van der Waals surface area contributed by atoms with Crippen LogP contribution in [0.25, 0.3) is 0 Å². The van der Waals surface area contributed by atoms with Gasteiger partial charge in [-0.2, -0.15) is 0 Å². The van der Waals surface area contributed by atoms with Crippen molar-refractivity contribution in [2.45, 2.75) is 31.8 Å². The fraction of sp³-hybridized carbons (Fsp3) is 0.750. The van der Waals surface area contributed by atoms with Crippen LogP contribution in [0.3, 0.4) is 0 Å². The zero-order valence-electron chi connectivity index (χ0n) is 9.65. The normalized spacial score (nSPS) is 26.4.